The maximum Gasteiger partial charge on any atom is 0.330 e. The molecule has 3 nitrogen and oxygen atoms in total. The number of carboxylic acid groups (broad SMARTS) is 1. The van der Waals surface area contributed by atoms with Crippen LogP contribution in [0.2, 0.25) is 0 Å². The van der Waals surface area contributed by atoms with E-state index in [0.29, 0.717) is 12.1 Å². The van der Waals surface area contributed by atoms with Crippen molar-refractivity contribution in [2.45, 2.75) is 39.5 Å². The summed E-state index contributed by atoms with van der Waals surface area (Å²) >= 11 is 0. The predicted octanol–water partition coefficient (Wildman–Crippen LogP) is 2.43. The van der Waals surface area contributed by atoms with E-state index < -0.39 is 5.97 Å². The molecule has 1 saturated carbocycles. The van der Waals surface area contributed by atoms with Crippen LogP contribution in [0.5, 0.6) is 0 Å². The fraction of sp³-hybridized carbons (Fsp3) is 0.769. The van der Waals surface area contributed by atoms with Crippen LogP contribution in [-0.2, 0) is 4.79 Å². The summed E-state index contributed by atoms with van der Waals surface area (Å²) < 4.78 is 0. The van der Waals surface area contributed by atoms with Crippen LogP contribution >= 0.6 is 0 Å². The van der Waals surface area contributed by atoms with Gasteiger partial charge in [0.2, 0.25) is 0 Å². The number of carboxylic acids is 1. The maximum atomic E-state index is 10.6. The molecule has 0 radical (unpaired) electrons. The molecule has 1 aliphatic rings. The van der Waals surface area contributed by atoms with E-state index in [2.05, 4.69) is 12.2 Å². The third-order valence-electron chi connectivity index (χ3n) is 3.59. The molecular formula is C13H23NO2. The lowest BCUT2D eigenvalue weighted by Gasteiger charge is -2.28. The highest BCUT2D eigenvalue weighted by Crippen LogP contribution is 2.28. The molecule has 1 aliphatic carbocycles. The van der Waals surface area contributed by atoms with Crippen molar-refractivity contribution in [3.05, 3.63) is 11.6 Å². The van der Waals surface area contributed by atoms with Gasteiger partial charge in [0.15, 0.2) is 0 Å². The van der Waals surface area contributed by atoms with Gasteiger partial charge in [-0.05, 0) is 31.7 Å². The van der Waals surface area contributed by atoms with Gasteiger partial charge in [-0.1, -0.05) is 32.3 Å². The average molecular weight is 225 g/mol. The molecular weight excluding hydrogens is 202 g/mol. The molecule has 92 valence electrons. The smallest absolute Gasteiger partial charge is 0.330 e. The van der Waals surface area contributed by atoms with Crippen molar-refractivity contribution in [3.8, 4) is 0 Å². The van der Waals surface area contributed by atoms with Gasteiger partial charge >= 0.3 is 5.97 Å². The molecule has 0 aromatic rings. The summed E-state index contributed by atoms with van der Waals surface area (Å²) in [7, 11) is 0. The molecule has 1 rings (SSSR count). The summed E-state index contributed by atoms with van der Waals surface area (Å²) in [5.74, 6) is 0.755. The first kappa shape index (κ1) is 13.2. The van der Waals surface area contributed by atoms with Gasteiger partial charge in [-0.3, -0.25) is 0 Å². The summed E-state index contributed by atoms with van der Waals surface area (Å²) in [6.07, 6.45) is 7.12. The third-order valence-corrected chi connectivity index (χ3v) is 3.59. The van der Waals surface area contributed by atoms with Crippen molar-refractivity contribution in [2.24, 2.45) is 11.8 Å². The van der Waals surface area contributed by atoms with Crippen LogP contribution in [0.1, 0.15) is 39.5 Å². The molecule has 0 aromatic carbocycles. The van der Waals surface area contributed by atoms with Crippen molar-refractivity contribution in [1.29, 1.82) is 0 Å². The Bertz CT molecular complexity index is 261. The minimum atomic E-state index is -0.826. The molecule has 2 atom stereocenters. The standard InChI is InChI=1S/C13H23NO2/c1-10-5-3-4-6-12(10)9-14-8-7-11(2)13(15)16/h7,10,12,14H,3-6,8-9H2,1-2H3,(H,15,16)/b11-7-. The van der Waals surface area contributed by atoms with E-state index in [9.17, 15) is 4.79 Å². The average Bonchev–Trinajstić information content (AvgIpc) is 2.26. The molecule has 0 heterocycles. The number of rotatable bonds is 5. The molecule has 0 saturated heterocycles. The minimum absolute atomic E-state index is 0.421. The van der Waals surface area contributed by atoms with Gasteiger partial charge in [0, 0.05) is 12.1 Å². The number of hydrogen-bond donors (Lipinski definition) is 2. The van der Waals surface area contributed by atoms with Crippen molar-refractivity contribution in [2.75, 3.05) is 13.1 Å². The normalized spacial score (nSPS) is 26.8. The van der Waals surface area contributed by atoms with Crippen LogP contribution in [0.15, 0.2) is 11.6 Å². The second kappa shape index (κ2) is 6.69. The zero-order valence-electron chi connectivity index (χ0n) is 10.3. The van der Waals surface area contributed by atoms with E-state index >= 15 is 0 Å². The predicted molar refractivity (Wildman–Crippen MR) is 65.4 cm³/mol. The maximum absolute atomic E-state index is 10.6. The Morgan fingerprint density at radius 1 is 1.44 bits per heavy atom. The van der Waals surface area contributed by atoms with Gasteiger partial charge in [0.25, 0.3) is 0 Å². The SMILES string of the molecule is C/C(=C/CNCC1CCCCC1C)C(=O)O. The van der Waals surface area contributed by atoms with Gasteiger partial charge in [0.1, 0.15) is 0 Å². The van der Waals surface area contributed by atoms with Gasteiger partial charge in [-0.15, -0.1) is 0 Å². The first-order chi connectivity index (χ1) is 7.61. The number of aliphatic carboxylic acids is 1. The van der Waals surface area contributed by atoms with Gasteiger partial charge in [-0.2, -0.15) is 0 Å². The van der Waals surface area contributed by atoms with Gasteiger partial charge < -0.3 is 10.4 Å². The topological polar surface area (TPSA) is 49.3 Å². The van der Waals surface area contributed by atoms with E-state index in [4.69, 9.17) is 5.11 Å². The van der Waals surface area contributed by atoms with Crippen molar-refractivity contribution in [1.82, 2.24) is 5.32 Å². The first-order valence-corrected chi connectivity index (χ1v) is 6.22. The second-order valence-corrected chi connectivity index (χ2v) is 4.87. The summed E-state index contributed by atoms with van der Waals surface area (Å²) in [5.41, 5.74) is 0.421. The fourth-order valence-corrected chi connectivity index (χ4v) is 2.28. The molecule has 1 fully saturated rings. The molecule has 0 bridgehead atoms. The van der Waals surface area contributed by atoms with E-state index in [0.717, 1.165) is 18.4 Å². The van der Waals surface area contributed by atoms with Crippen molar-refractivity contribution >= 4 is 5.97 Å². The number of nitrogens with one attached hydrogen (secondary N) is 1. The lowest BCUT2D eigenvalue weighted by atomic mass is 9.80. The van der Waals surface area contributed by atoms with Crippen molar-refractivity contribution < 1.29 is 9.90 Å². The number of hydrogen-bond acceptors (Lipinski definition) is 2. The summed E-state index contributed by atoms with van der Waals surface area (Å²) in [5, 5.41) is 12.0. The Kier molecular flexibility index (Phi) is 5.53. The van der Waals surface area contributed by atoms with E-state index in [1.54, 1.807) is 13.0 Å². The van der Waals surface area contributed by atoms with E-state index in [-0.39, 0.29) is 0 Å². The Morgan fingerprint density at radius 2 is 2.12 bits per heavy atom. The third kappa shape index (κ3) is 4.35. The minimum Gasteiger partial charge on any atom is -0.478 e. The molecule has 2 unspecified atom stereocenters. The Balaban J connectivity index is 2.19. The summed E-state index contributed by atoms with van der Waals surface area (Å²) in [6, 6.07) is 0. The lowest BCUT2D eigenvalue weighted by Crippen LogP contribution is -2.29. The molecule has 0 aliphatic heterocycles. The van der Waals surface area contributed by atoms with Crippen molar-refractivity contribution in [3.63, 3.8) is 0 Å². The molecule has 0 aromatic heterocycles. The van der Waals surface area contributed by atoms with Gasteiger partial charge in [0.05, 0.1) is 0 Å². The summed E-state index contributed by atoms with van der Waals surface area (Å²) in [6.45, 7) is 5.64. The molecule has 0 amide bonds. The Morgan fingerprint density at radius 3 is 2.75 bits per heavy atom. The summed E-state index contributed by atoms with van der Waals surface area (Å²) in [4.78, 5) is 10.6. The van der Waals surface area contributed by atoms with E-state index in [1.165, 1.54) is 25.7 Å². The fourth-order valence-electron chi connectivity index (χ4n) is 2.28. The monoisotopic (exact) mass is 225 g/mol. The highest BCUT2D eigenvalue weighted by molar-refractivity contribution is 5.85. The molecule has 2 N–H and O–H groups in total. The zero-order valence-corrected chi connectivity index (χ0v) is 10.3. The molecule has 16 heavy (non-hydrogen) atoms. The first-order valence-electron chi connectivity index (χ1n) is 6.22. The Labute approximate surface area is 97.9 Å². The van der Waals surface area contributed by atoms with Crippen LogP contribution < -0.4 is 5.32 Å². The highest BCUT2D eigenvalue weighted by Gasteiger charge is 2.20. The van der Waals surface area contributed by atoms with Crippen LogP contribution in [0, 0.1) is 11.8 Å². The molecule has 0 spiro atoms. The van der Waals surface area contributed by atoms with Gasteiger partial charge in [-0.25, -0.2) is 4.79 Å². The molecule has 3 heteroatoms. The zero-order chi connectivity index (χ0) is 12.0. The Hall–Kier alpha value is -0.830. The van der Waals surface area contributed by atoms with Crippen LogP contribution in [-0.4, -0.2) is 24.2 Å². The largest absolute Gasteiger partial charge is 0.478 e. The second-order valence-electron chi connectivity index (χ2n) is 4.87. The highest BCUT2D eigenvalue weighted by atomic mass is 16.4. The van der Waals surface area contributed by atoms with Crippen LogP contribution in [0.4, 0.5) is 0 Å². The van der Waals surface area contributed by atoms with E-state index in [1.807, 2.05) is 0 Å². The lowest BCUT2D eigenvalue weighted by molar-refractivity contribution is -0.132. The number of carbonyl (C=O) groups is 1. The van der Waals surface area contributed by atoms with Crippen LogP contribution in [0.25, 0.3) is 0 Å². The van der Waals surface area contributed by atoms with Crippen LogP contribution in [0.3, 0.4) is 0 Å². The quantitative estimate of drug-likeness (QED) is 0.558.